The fourth-order valence-electron chi connectivity index (χ4n) is 7.66. The van der Waals surface area contributed by atoms with Crippen LogP contribution in [0, 0.1) is 0 Å². The number of quaternary nitrogens is 1. The molecule has 0 fully saturated rings. The molecule has 62 heavy (non-hydrogen) atoms. The third-order valence-electron chi connectivity index (χ3n) is 11.8. The lowest BCUT2D eigenvalue weighted by atomic mass is 10.0. The average molecular weight is 901 g/mol. The Balaban J connectivity index is 4.18. The molecular formula is C52H103NO8P+. The van der Waals surface area contributed by atoms with E-state index in [4.69, 9.17) is 18.5 Å². The van der Waals surface area contributed by atoms with Crippen molar-refractivity contribution in [2.24, 2.45) is 0 Å². The van der Waals surface area contributed by atoms with Crippen LogP contribution in [0.1, 0.15) is 258 Å². The Kier molecular flexibility index (Phi) is 44.0. The van der Waals surface area contributed by atoms with Crippen molar-refractivity contribution in [1.82, 2.24) is 0 Å². The normalized spacial score (nSPS) is 13.5. The summed E-state index contributed by atoms with van der Waals surface area (Å²) in [4.78, 5) is 35.5. The second kappa shape index (κ2) is 44.9. The Labute approximate surface area is 384 Å². The van der Waals surface area contributed by atoms with Gasteiger partial charge in [-0.05, 0) is 38.5 Å². The lowest BCUT2D eigenvalue weighted by Crippen LogP contribution is -2.37. The molecule has 0 aliphatic rings. The van der Waals surface area contributed by atoms with Crippen LogP contribution >= 0.6 is 7.82 Å². The predicted octanol–water partition coefficient (Wildman–Crippen LogP) is 15.7. The number of allylic oxidation sites excluding steroid dienone is 2. The number of unbranched alkanes of at least 4 members (excludes halogenated alkanes) is 33. The summed E-state index contributed by atoms with van der Waals surface area (Å²) in [6.07, 6.45) is 49.9. The van der Waals surface area contributed by atoms with E-state index in [1.54, 1.807) is 0 Å². The highest BCUT2D eigenvalue weighted by Crippen LogP contribution is 2.43. The summed E-state index contributed by atoms with van der Waals surface area (Å²) >= 11 is 0. The number of phosphoric acid groups is 1. The van der Waals surface area contributed by atoms with Crippen molar-refractivity contribution in [3.05, 3.63) is 12.2 Å². The lowest BCUT2D eigenvalue weighted by molar-refractivity contribution is -0.870. The van der Waals surface area contributed by atoms with Crippen molar-refractivity contribution < 1.29 is 42.1 Å². The average Bonchev–Trinajstić information content (AvgIpc) is 3.23. The van der Waals surface area contributed by atoms with Crippen LogP contribution < -0.4 is 0 Å². The summed E-state index contributed by atoms with van der Waals surface area (Å²) in [6, 6.07) is 0. The minimum Gasteiger partial charge on any atom is -0.462 e. The molecule has 0 bridgehead atoms. The van der Waals surface area contributed by atoms with Crippen LogP contribution in [-0.4, -0.2) is 74.9 Å². The molecule has 1 N–H and O–H groups in total. The quantitative estimate of drug-likeness (QED) is 0.0211. The molecule has 0 radical (unpaired) electrons. The van der Waals surface area contributed by atoms with E-state index in [9.17, 15) is 19.0 Å². The van der Waals surface area contributed by atoms with E-state index in [2.05, 4.69) is 26.0 Å². The van der Waals surface area contributed by atoms with Crippen LogP contribution in [0.4, 0.5) is 0 Å². The van der Waals surface area contributed by atoms with E-state index in [0.717, 1.165) is 32.1 Å². The predicted molar refractivity (Wildman–Crippen MR) is 261 cm³/mol. The van der Waals surface area contributed by atoms with Gasteiger partial charge < -0.3 is 18.9 Å². The summed E-state index contributed by atoms with van der Waals surface area (Å²) < 4.78 is 34.4. The fraction of sp³-hybridized carbons (Fsp3) is 0.923. The molecule has 0 aromatic rings. The van der Waals surface area contributed by atoms with Crippen LogP contribution in [0.15, 0.2) is 12.2 Å². The van der Waals surface area contributed by atoms with Gasteiger partial charge in [-0.15, -0.1) is 0 Å². The monoisotopic (exact) mass is 901 g/mol. The van der Waals surface area contributed by atoms with Gasteiger partial charge in [-0.3, -0.25) is 18.6 Å². The Bertz CT molecular complexity index is 1060. The highest BCUT2D eigenvalue weighted by atomic mass is 31.2. The summed E-state index contributed by atoms with van der Waals surface area (Å²) in [5.74, 6) is -0.808. The van der Waals surface area contributed by atoms with Gasteiger partial charge in [0.15, 0.2) is 6.10 Å². The molecule has 0 spiro atoms. The lowest BCUT2D eigenvalue weighted by Gasteiger charge is -2.24. The molecule has 0 heterocycles. The van der Waals surface area contributed by atoms with E-state index in [1.165, 1.54) is 186 Å². The molecular weight excluding hydrogens is 798 g/mol. The van der Waals surface area contributed by atoms with Crippen molar-refractivity contribution >= 4 is 19.8 Å². The summed E-state index contributed by atoms with van der Waals surface area (Å²) in [5.41, 5.74) is 0. The molecule has 10 heteroatoms. The van der Waals surface area contributed by atoms with Crippen LogP contribution in [-0.2, 0) is 32.7 Å². The number of nitrogens with zero attached hydrogens (tertiary/aromatic N) is 1. The Morgan fingerprint density at radius 3 is 1.23 bits per heavy atom. The number of ether oxygens (including phenoxy) is 2. The van der Waals surface area contributed by atoms with Crippen LogP contribution in [0.3, 0.4) is 0 Å². The van der Waals surface area contributed by atoms with Gasteiger partial charge >= 0.3 is 19.8 Å². The van der Waals surface area contributed by atoms with Gasteiger partial charge in [0.2, 0.25) is 0 Å². The van der Waals surface area contributed by atoms with Crippen LogP contribution in [0.5, 0.6) is 0 Å². The molecule has 0 saturated heterocycles. The van der Waals surface area contributed by atoms with E-state index in [1.807, 2.05) is 21.1 Å². The molecule has 1 unspecified atom stereocenters. The molecule has 2 atom stereocenters. The second-order valence-corrected chi connectivity index (χ2v) is 20.7. The summed E-state index contributed by atoms with van der Waals surface area (Å²) in [7, 11) is 1.48. The van der Waals surface area contributed by atoms with E-state index < -0.39 is 26.5 Å². The van der Waals surface area contributed by atoms with Gasteiger partial charge in [0.1, 0.15) is 19.8 Å². The zero-order chi connectivity index (χ0) is 45.7. The Morgan fingerprint density at radius 1 is 0.484 bits per heavy atom. The molecule has 0 aliphatic heterocycles. The van der Waals surface area contributed by atoms with Crippen LogP contribution in [0.2, 0.25) is 0 Å². The van der Waals surface area contributed by atoms with Gasteiger partial charge in [-0.2, -0.15) is 0 Å². The van der Waals surface area contributed by atoms with E-state index in [0.29, 0.717) is 23.9 Å². The molecule has 0 amide bonds. The molecule has 0 rings (SSSR count). The zero-order valence-corrected chi connectivity index (χ0v) is 42.5. The first-order valence-electron chi connectivity index (χ1n) is 26.4. The third kappa shape index (κ3) is 48.2. The van der Waals surface area contributed by atoms with Gasteiger partial charge in [0, 0.05) is 12.8 Å². The van der Waals surface area contributed by atoms with Gasteiger partial charge in [-0.25, -0.2) is 4.57 Å². The van der Waals surface area contributed by atoms with E-state index in [-0.39, 0.29) is 32.0 Å². The molecule has 0 aliphatic carbocycles. The molecule has 0 aromatic heterocycles. The first-order valence-corrected chi connectivity index (χ1v) is 27.9. The highest BCUT2D eigenvalue weighted by molar-refractivity contribution is 7.47. The number of carbonyl (C=O) groups excluding carboxylic acids is 2. The van der Waals surface area contributed by atoms with Crippen molar-refractivity contribution in [2.45, 2.75) is 264 Å². The third-order valence-corrected chi connectivity index (χ3v) is 12.8. The number of hydrogen-bond acceptors (Lipinski definition) is 7. The zero-order valence-electron chi connectivity index (χ0n) is 41.6. The van der Waals surface area contributed by atoms with Crippen molar-refractivity contribution in [3.63, 3.8) is 0 Å². The Morgan fingerprint density at radius 2 is 0.823 bits per heavy atom. The molecule has 368 valence electrons. The van der Waals surface area contributed by atoms with Crippen molar-refractivity contribution in [2.75, 3.05) is 47.5 Å². The fourth-order valence-corrected chi connectivity index (χ4v) is 8.40. The van der Waals surface area contributed by atoms with Gasteiger partial charge in [0.25, 0.3) is 0 Å². The number of phosphoric ester groups is 1. The number of hydrogen-bond donors (Lipinski definition) is 1. The van der Waals surface area contributed by atoms with Crippen LogP contribution in [0.25, 0.3) is 0 Å². The summed E-state index contributed by atoms with van der Waals surface area (Å²) in [5, 5.41) is 0. The molecule has 0 aromatic carbocycles. The van der Waals surface area contributed by atoms with Crippen molar-refractivity contribution in [3.8, 4) is 0 Å². The smallest absolute Gasteiger partial charge is 0.462 e. The maximum atomic E-state index is 12.8. The SMILES string of the molecule is CCCCCCCCCCC/C=C/CCCCC(=O)OC[C@H](COP(=O)(O)OCC[N+](C)(C)C)OC(=O)CCCCCCCCCCCCCCCCCCCCCCCCC. The minimum atomic E-state index is -4.38. The first-order chi connectivity index (χ1) is 30.0. The number of rotatable bonds is 49. The first kappa shape index (κ1) is 60.8. The second-order valence-electron chi connectivity index (χ2n) is 19.3. The number of carbonyl (C=O) groups is 2. The molecule has 0 saturated carbocycles. The maximum absolute atomic E-state index is 12.8. The maximum Gasteiger partial charge on any atom is 0.472 e. The van der Waals surface area contributed by atoms with Crippen molar-refractivity contribution in [1.29, 1.82) is 0 Å². The highest BCUT2D eigenvalue weighted by Gasteiger charge is 2.27. The summed E-state index contributed by atoms with van der Waals surface area (Å²) in [6.45, 7) is 4.45. The van der Waals surface area contributed by atoms with Gasteiger partial charge in [-0.1, -0.05) is 219 Å². The van der Waals surface area contributed by atoms with Gasteiger partial charge in [0.05, 0.1) is 27.7 Å². The minimum absolute atomic E-state index is 0.0324. The number of likely N-dealkylation sites (N-methyl/N-ethyl adjacent to an activating group) is 1. The number of esters is 2. The van der Waals surface area contributed by atoms with E-state index >= 15 is 0 Å². The largest absolute Gasteiger partial charge is 0.472 e. The standard InChI is InChI=1S/C52H102NO8P/c1-6-8-10-12-14-16-18-20-22-23-24-25-26-27-28-29-31-33-35-37-39-41-43-45-52(55)61-50(49-60-62(56,57)59-47-46-53(3,4)5)48-58-51(54)44-42-40-38-36-34-32-30-21-19-17-15-13-11-9-7-2/h34,36,50H,6-33,35,37-49H2,1-5H3/p+1/b36-34+/t50-/m1/s1. The topological polar surface area (TPSA) is 108 Å². The Hall–Kier alpha value is -1.25. The molecule has 9 nitrogen and oxygen atoms in total.